The summed E-state index contributed by atoms with van der Waals surface area (Å²) in [5.41, 5.74) is 1.35. The van der Waals surface area contributed by atoms with Gasteiger partial charge in [0.05, 0.1) is 12.5 Å². The zero-order valence-electron chi connectivity index (χ0n) is 13.0. The van der Waals surface area contributed by atoms with Gasteiger partial charge in [0.1, 0.15) is 5.75 Å². The van der Waals surface area contributed by atoms with E-state index in [0.29, 0.717) is 18.4 Å². The molecule has 21 heavy (non-hydrogen) atoms. The van der Waals surface area contributed by atoms with Crippen molar-refractivity contribution in [2.24, 2.45) is 17.8 Å². The first kappa shape index (κ1) is 15.9. The van der Waals surface area contributed by atoms with Crippen LogP contribution < -0.4 is 4.74 Å². The van der Waals surface area contributed by atoms with Crippen molar-refractivity contribution in [1.82, 2.24) is 0 Å². The lowest BCUT2D eigenvalue weighted by Gasteiger charge is -2.26. The number of ether oxygens (including phenoxy) is 1. The van der Waals surface area contributed by atoms with Crippen molar-refractivity contribution < 1.29 is 14.6 Å². The van der Waals surface area contributed by atoms with Gasteiger partial charge in [0.2, 0.25) is 0 Å². The molecule has 1 N–H and O–H groups in total. The van der Waals surface area contributed by atoms with E-state index in [0.717, 1.165) is 37.9 Å². The van der Waals surface area contributed by atoms with Crippen molar-refractivity contribution in [1.29, 1.82) is 0 Å². The van der Waals surface area contributed by atoms with Gasteiger partial charge in [-0.05, 0) is 61.6 Å². The van der Waals surface area contributed by atoms with Gasteiger partial charge in [0, 0.05) is 0 Å². The van der Waals surface area contributed by atoms with Gasteiger partial charge in [-0.25, -0.2) is 0 Å². The first-order chi connectivity index (χ1) is 10.0. The molecule has 3 heteroatoms. The van der Waals surface area contributed by atoms with Crippen LogP contribution >= 0.6 is 0 Å². The van der Waals surface area contributed by atoms with Gasteiger partial charge in [-0.1, -0.05) is 26.0 Å². The van der Waals surface area contributed by atoms with Crippen LogP contribution in [0, 0.1) is 17.8 Å². The highest BCUT2D eigenvalue weighted by Crippen LogP contribution is 2.29. The molecule has 1 fully saturated rings. The molecule has 116 valence electrons. The molecule has 1 aliphatic carbocycles. The lowest BCUT2D eigenvalue weighted by Crippen LogP contribution is -2.24. The maximum absolute atomic E-state index is 10.9. The van der Waals surface area contributed by atoms with Gasteiger partial charge in [0.25, 0.3) is 0 Å². The smallest absolute Gasteiger partial charge is 0.306 e. The molecule has 3 nitrogen and oxygen atoms in total. The zero-order valence-corrected chi connectivity index (χ0v) is 13.0. The monoisotopic (exact) mass is 290 g/mol. The van der Waals surface area contributed by atoms with E-state index in [1.165, 1.54) is 5.56 Å². The summed E-state index contributed by atoms with van der Waals surface area (Å²) in [7, 11) is 0. The van der Waals surface area contributed by atoms with Crippen LogP contribution in [0.1, 0.15) is 45.1 Å². The molecule has 1 aliphatic rings. The number of hydrogen-bond acceptors (Lipinski definition) is 2. The number of carbonyl (C=O) groups is 1. The Morgan fingerprint density at radius 1 is 1.19 bits per heavy atom. The Morgan fingerprint density at radius 2 is 1.81 bits per heavy atom. The minimum absolute atomic E-state index is 0.142. The highest BCUT2D eigenvalue weighted by Gasteiger charge is 2.26. The molecule has 0 atom stereocenters. The number of aliphatic carboxylic acids is 1. The average Bonchev–Trinajstić information content (AvgIpc) is 2.46. The molecule has 1 aromatic rings. The van der Waals surface area contributed by atoms with E-state index in [2.05, 4.69) is 26.0 Å². The third kappa shape index (κ3) is 5.07. The number of benzene rings is 1. The average molecular weight is 290 g/mol. The summed E-state index contributed by atoms with van der Waals surface area (Å²) in [6.45, 7) is 5.14. The van der Waals surface area contributed by atoms with E-state index >= 15 is 0 Å². The number of carboxylic acids is 1. The Morgan fingerprint density at radius 3 is 2.33 bits per heavy atom. The summed E-state index contributed by atoms with van der Waals surface area (Å²) in [5.74, 6) is 1.30. The standard InChI is InChI=1S/C18H26O3/c1-13(2)11-14-5-9-17(10-6-14)21-12-15-3-7-16(8-4-15)18(19)20/h5-6,9-10,13,15-16H,3-4,7-8,11-12H2,1-2H3,(H,19,20). The van der Waals surface area contributed by atoms with Gasteiger partial charge in [0.15, 0.2) is 0 Å². The predicted molar refractivity (Wildman–Crippen MR) is 83.6 cm³/mol. The molecule has 1 saturated carbocycles. The van der Waals surface area contributed by atoms with E-state index < -0.39 is 5.97 Å². The van der Waals surface area contributed by atoms with Crippen molar-refractivity contribution in [2.75, 3.05) is 6.61 Å². The van der Waals surface area contributed by atoms with Crippen molar-refractivity contribution in [3.8, 4) is 5.75 Å². The highest BCUT2D eigenvalue weighted by molar-refractivity contribution is 5.69. The van der Waals surface area contributed by atoms with Crippen LogP contribution in [0.5, 0.6) is 5.75 Å². The maximum Gasteiger partial charge on any atom is 0.306 e. The second kappa shape index (κ2) is 7.48. The molecule has 0 radical (unpaired) electrons. The SMILES string of the molecule is CC(C)Cc1ccc(OCC2CCC(C(=O)O)CC2)cc1. The second-order valence-electron chi connectivity index (χ2n) is 6.61. The molecule has 0 unspecified atom stereocenters. The highest BCUT2D eigenvalue weighted by atomic mass is 16.5. The van der Waals surface area contributed by atoms with E-state index in [1.807, 2.05) is 12.1 Å². The van der Waals surface area contributed by atoms with Gasteiger partial charge in [-0.15, -0.1) is 0 Å². The Labute approximate surface area is 127 Å². The van der Waals surface area contributed by atoms with Crippen LogP contribution in [0.25, 0.3) is 0 Å². The minimum atomic E-state index is -0.643. The molecule has 2 rings (SSSR count). The van der Waals surface area contributed by atoms with Crippen molar-refractivity contribution >= 4 is 5.97 Å². The van der Waals surface area contributed by atoms with Gasteiger partial charge >= 0.3 is 5.97 Å². The minimum Gasteiger partial charge on any atom is -0.493 e. The Kier molecular flexibility index (Phi) is 5.66. The van der Waals surface area contributed by atoms with Crippen LogP contribution in [0.3, 0.4) is 0 Å². The molecular formula is C18H26O3. The third-order valence-corrected chi connectivity index (χ3v) is 4.25. The van der Waals surface area contributed by atoms with Crippen LogP contribution in [0.4, 0.5) is 0 Å². The van der Waals surface area contributed by atoms with Gasteiger partial charge in [-0.3, -0.25) is 4.79 Å². The van der Waals surface area contributed by atoms with Crippen LogP contribution in [-0.4, -0.2) is 17.7 Å². The number of hydrogen-bond donors (Lipinski definition) is 1. The zero-order chi connectivity index (χ0) is 15.2. The van der Waals surface area contributed by atoms with E-state index in [9.17, 15) is 4.79 Å². The first-order valence-corrected chi connectivity index (χ1v) is 7.99. The quantitative estimate of drug-likeness (QED) is 0.856. The number of rotatable bonds is 6. The lowest BCUT2D eigenvalue weighted by atomic mass is 9.82. The molecular weight excluding hydrogens is 264 g/mol. The fourth-order valence-electron chi connectivity index (χ4n) is 2.98. The Bertz CT molecular complexity index is 442. The third-order valence-electron chi connectivity index (χ3n) is 4.25. The van der Waals surface area contributed by atoms with Crippen molar-refractivity contribution in [2.45, 2.75) is 46.0 Å². The maximum atomic E-state index is 10.9. The molecule has 0 saturated heterocycles. The van der Waals surface area contributed by atoms with E-state index in [1.54, 1.807) is 0 Å². The Hall–Kier alpha value is -1.51. The summed E-state index contributed by atoms with van der Waals surface area (Å²) < 4.78 is 5.85. The molecule has 0 amide bonds. The van der Waals surface area contributed by atoms with Gasteiger partial charge < -0.3 is 9.84 Å². The Balaban J connectivity index is 1.75. The first-order valence-electron chi connectivity index (χ1n) is 7.99. The van der Waals surface area contributed by atoms with Crippen molar-refractivity contribution in [3.05, 3.63) is 29.8 Å². The molecule has 0 aromatic heterocycles. The summed E-state index contributed by atoms with van der Waals surface area (Å²) in [4.78, 5) is 10.9. The summed E-state index contributed by atoms with van der Waals surface area (Å²) in [6.07, 6.45) is 4.59. The van der Waals surface area contributed by atoms with Crippen molar-refractivity contribution in [3.63, 3.8) is 0 Å². The fraction of sp³-hybridized carbons (Fsp3) is 0.611. The molecule has 1 aromatic carbocycles. The van der Waals surface area contributed by atoms with E-state index in [-0.39, 0.29) is 5.92 Å². The molecule has 0 spiro atoms. The van der Waals surface area contributed by atoms with Gasteiger partial charge in [-0.2, -0.15) is 0 Å². The normalized spacial score (nSPS) is 22.2. The van der Waals surface area contributed by atoms with Crippen LogP contribution in [0.2, 0.25) is 0 Å². The lowest BCUT2D eigenvalue weighted by molar-refractivity contribution is -0.143. The topological polar surface area (TPSA) is 46.5 Å². The van der Waals surface area contributed by atoms with Crippen LogP contribution in [0.15, 0.2) is 24.3 Å². The number of carboxylic acid groups (broad SMARTS) is 1. The predicted octanol–water partition coefficient (Wildman–Crippen LogP) is 4.15. The fourth-order valence-corrected chi connectivity index (χ4v) is 2.98. The summed E-state index contributed by atoms with van der Waals surface area (Å²) in [5, 5.41) is 8.99. The summed E-state index contributed by atoms with van der Waals surface area (Å²) in [6, 6.07) is 8.36. The van der Waals surface area contributed by atoms with Crippen LogP contribution in [-0.2, 0) is 11.2 Å². The second-order valence-corrected chi connectivity index (χ2v) is 6.61. The van der Waals surface area contributed by atoms with E-state index in [4.69, 9.17) is 9.84 Å². The molecule has 0 heterocycles. The largest absolute Gasteiger partial charge is 0.493 e. The molecule has 0 bridgehead atoms. The molecule has 0 aliphatic heterocycles. The summed E-state index contributed by atoms with van der Waals surface area (Å²) >= 11 is 0.